The number of esters is 1. The standard InChI is InChI=1S/C19H21N5O3/c1-4-6-14-16(19(26)27-3)12(2)22-17(14)18(25)23-13-7-8-15(20-11-13)24-10-5-9-21-24/h5,7-11,22H,4,6H2,1-3H3,(H,23,25). The second kappa shape index (κ2) is 7.86. The zero-order chi connectivity index (χ0) is 19.4. The van der Waals surface area contributed by atoms with E-state index in [-0.39, 0.29) is 5.91 Å². The van der Waals surface area contributed by atoms with E-state index in [0.717, 1.165) is 6.42 Å². The van der Waals surface area contributed by atoms with Crippen molar-refractivity contribution in [1.29, 1.82) is 0 Å². The fourth-order valence-corrected chi connectivity index (χ4v) is 2.94. The largest absolute Gasteiger partial charge is 0.465 e. The highest BCUT2D eigenvalue weighted by atomic mass is 16.5. The Bertz CT molecular complexity index is 943. The van der Waals surface area contributed by atoms with Crippen molar-refractivity contribution in [2.24, 2.45) is 0 Å². The number of anilines is 1. The minimum absolute atomic E-state index is 0.328. The molecular formula is C19H21N5O3. The topological polar surface area (TPSA) is 102 Å². The van der Waals surface area contributed by atoms with E-state index in [9.17, 15) is 9.59 Å². The lowest BCUT2D eigenvalue weighted by Crippen LogP contribution is -2.15. The van der Waals surface area contributed by atoms with Crippen molar-refractivity contribution in [2.45, 2.75) is 26.7 Å². The summed E-state index contributed by atoms with van der Waals surface area (Å²) in [7, 11) is 1.33. The molecule has 8 heteroatoms. The highest BCUT2D eigenvalue weighted by Crippen LogP contribution is 2.23. The van der Waals surface area contributed by atoms with E-state index < -0.39 is 5.97 Å². The summed E-state index contributed by atoms with van der Waals surface area (Å²) in [6, 6.07) is 5.31. The second-order valence-electron chi connectivity index (χ2n) is 6.03. The fraction of sp³-hybridized carbons (Fsp3) is 0.263. The number of pyridine rings is 1. The third kappa shape index (κ3) is 3.74. The average Bonchev–Trinajstić information content (AvgIpc) is 3.30. The molecule has 0 bridgehead atoms. The first-order valence-corrected chi connectivity index (χ1v) is 8.62. The Morgan fingerprint density at radius 1 is 1.33 bits per heavy atom. The summed E-state index contributed by atoms with van der Waals surface area (Å²) >= 11 is 0. The highest BCUT2D eigenvalue weighted by molar-refractivity contribution is 6.06. The van der Waals surface area contributed by atoms with Gasteiger partial charge in [0.2, 0.25) is 0 Å². The van der Waals surface area contributed by atoms with Crippen LogP contribution in [0.4, 0.5) is 5.69 Å². The van der Waals surface area contributed by atoms with Crippen LogP contribution in [0.2, 0.25) is 0 Å². The van der Waals surface area contributed by atoms with Gasteiger partial charge in [-0.05, 0) is 37.1 Å². The van der Waals surface area contributed by atoms with Crippen molar-refractivity contribution in [3.05, 3.63) is 59.3 Å². The van der Waals surface area contributed by atoms with Crippen LogP contribution in [0, 0.1) is 6.92 Å². The quantitative estimate of drug-likeness (QED) is 0.652. The molecule has 0 fully saturated rings. The van der Waals surface area contributed by atoms with Gasteiger partial charge in [0, 0.05) is 18.1 Å². The smallest absolute Gasteiger partial charge is 0.339 e. The van der Waals surface area contributed by atoms with E-state index in [4.69, 9.17) is 4.74 Å². The number of ether oxygens (including phenoxy) is 1. The van der Waals surface area contributed by atoms with Gasteiger partial charge in [-0.3, -0.25) is 4.79 Å². The maximum absolute atomic E-state index is 12.8. The maximum Gasteiger partial charge on any atom is 0.339 e. The van der Waals surface area contributed by atoms with Gasteiger partial charge in [0.15, 0.2) is 5.82 Å². The maximum atomic E-state index is 12.8. The van der Waals surface area contributed by atoms with Gasteiger partial charge in [0.05, 0.1) is 24.6 Å². The molecule has 8 nitrogen and oxygen atoms in total. The van der Waals surface area contributed by atoms with Crippen molar-refractivity contribution in [3.63, 3.8) is 0 Å². The first-order chi connectivity index (χ1) is 13.0. The van der Waals surface area contributed by atoms with E-state index >= 15 is 0 Å². The molecule has 1 amide bonds. The number of carbonyl (C=O) groups excluding carboxylic acids is 2. The predicted molar refractivity (Wildman–Crippen MR) is 100 cm³/mol. The number of carbonyl (C=O) groups is 2. The predicted octanol–water partition coefficient (Wildman–Crippen LogP) is 2.90. The number of H-pyrrole nitrogens is 1. The van der Waals surface area contributed by atoms with E-state index in [1.54, 1.807) is 48.4 Å². The summed E-state index contributed by atoms with van der Waals surface area (Å²) in [6.45, 7) is 3.74. The third-order valence-electron chi connectivity index (χ3n) is 4.15. The number of aryl methyl sites for hydroxylation is 1. The number of aromatic amines is 1. The van der Waals surface area contributed by atoms with Crippen molar-refractivity contribution >= 4 is 17.6 Å². The van der Waals surface area contributed by atoms with Crippen LogP contribution in [0.1, 0.15) is 45.4 Å². The molecule has 27 heavy (non-hydrogen) atoms. The Morgan fingerprint density at radius 3 is 2.74 bits per heavy atom. The molecular weight excluding hydrogens is 346 g/mol. The SMILES string of the molecule is CCCc1c(C(=O)Nc2ccc(-n3cccn3)nc2)[nH]c(C)c1C(=O)OC. The van der Waals surface area contributed by atoms with Gasteiger partial charge < -0.3 is 15.0 Å². The fourth-order valence-electron chi connectivity index (χ4n) is 2.94. The first kappa shape index (κ1) is 18.4. The van der Waals surface area contributed by atoms with Crippen LogP contribution in [0.25, 0.3) is 5.82 Å². The molecule has 3 aromatic rings. The molecule has 0 aliphatic heterocycles. The van der Waals surface area contributed by atoms with Crippen LogP contribution < -0.4 is 5.32 Å². The van der Waals surface area contributed by atoms with E-state index in [1.165, 1.54) is 7.11 Å². The summed E-state index contributed by atoms with van der Waals surface area (Å²) < 4.78 is 6.48. The molecule has 0 aromatic carbocycles. The summed E-state index contributed by atoms with van der Waals surface area (Å²) in [4.78, 5) is 32.2. The number of amides is 1. The number of aromatic nitrogens is 4. The van der Waals surface area contributed by atoms with Gasteiger partial charge in [-0.1, -0.05) is 13.3 Å². The third-order valence-corrected chi connectivity index (χ3v) is 4.15. The minimum Gasteiger partial charge on any atom is -0.465 e. The van der Waals surface area contributed by atoms with Gasteiger partial charge >= 0.3 is 5.97 Å². The lowest BCUT2D eigenvalue weighted by Gasteiger charge is -2.08. The van der Waals surface area contributed by atoms with Crippen LogP contribution in [-0.2, 0) is 11.2 Å². The lowest BCUT2D eigenvalue weighted by atomic mass is 10.0. The Labute approximate surface area is 156 Å². The van der Waals surface area contributed by atoms with Crippen LogP contribution in [-0.4, -0.2) is 38.7 Å². The molecule has 2 N–H and O–H groups in total. The molecule has 0 atom stereocenters. The Hall–Kier alpha value is -3.42. The number of nitrogens with zero attached hydrogens (tertiary/aromatic N) is 3. The summed E-state index contributed by atoms with van der Waals surface area (Å²) in [5.74, 6) is -0.129. The average molecular weight is 367 g/mol. The zero-order valence-corrected chi connectivity index (χ0v) is 15.4. The van der Waals surface area contributed by atoms with E-state index in [2.05, 4.69) is 20.4 Å². The first-order valence-electron chi connectivity index (χ1n) is 8.62. The summed E-state index contributed by atoms with van der Waals surface area (Å²) in [6.07, 6.45) is 6.40. The lowest BCUT2D eigenvalue weighted by molar-refractivity contribution is 0.0599. The number of hydrogen-bond donors (Lipinski definition) is 2. The number of rotatable bonds is 6. The summed E-state index contributed by atoms with van der Waals surface area (Å²) in [5, 5.41) is 6.92. The van der Waals surface area contributed by atoms with Crippen molar-refractivity contribution in [1.82, 2.24) is 19.7 Å². The molecule has 140 valence electrons. The van der Waals surface area contributed by atoms with Gasteiger partial charge in [0.25, 0.3) is 5.91 Å². The molecule has 3 aromatic heterocycles. The molecule has 0 saturated heterocycles. The van der Waals surface area contributed by atoms with Crippen molar-refractivity contribution in [3.8, 4) is 5.82 Å². The summed E-state index contributed by atoms with van der Waals surface area (Å²) in [5.41, 5.74) is 2.62. The highest BCUT2D eigenvalue weighted by Gasteiger charge is 2.24. The molecule has 3 heterocycles. The van der Waals surface area contributed by atoms with Crippen LogP contribution in [0.15, 0.2) is 36.8 Å². The monoisotopic (exact) mass is 367 g/mol. The van der Waals surface area contributed by atoms with Gasteiger partial charge in [0.1, 0.15) is 5.69 Å². The molecule has 0 aliphatic carbocycles. The van der Waals surface area contributed by atoms with Crippen LogP contribution in [0.5, 0.6) is 0 Å². The number of hydrogen-bond acceptors (Lipinski definition) is 5. The number of nitrogens with one attached hydrogen (secondary N) is 2. The Kier molecular flexibility index (Phi) is 5.35. The number of methoxy groups -OCH3 is 1. The molecule has 0 aliphatic rings. The Morgan fingerprint density at radius 2 is 2.15 bits per heavy atom. The molecule has 0 radical (unpaired) electrons. The van der Waals surface area contributed by atoms with Gasteiger partial charge in [-0.15, -0.1) is 0 Å². The second-order valence-corrected chi connectivity index (χ2v) is 6.03. The molecule has 0 unspecified atom stereocenters. The van der Waals surface area contributed by atoms with Crippen LogP contribution >= 0.6 is 0 Å². The van der Waals surface area contributed by atoms with Crippen LogP contribution in [0.3, 0.4) is 0 Å². The Balaban J connectivity index is 1.84. The van der Waals surface area contributed by atoms with Crippen molar-refractivity contribution in [2.75, 3.05) is 12.4 Å². The van der Waals surface area contributed by atoms with E-state index in [0.29, 0.717) is 40.4 Å². The zero-order valence-electron chi connectivity index (χ0n) is 15.4. The van der Waals surface area contributed by atoms with Gasteiger partial charge in [-0.25, -0.2) is 14.5 Å². The van der Waals surface area contributed by atoms with Crippen molar-refractivity contribution < 1.29 is 14.3 Å². The normalized spacial score (nSPS) is 10.6. The minimum atomic E-state index is -0.448. The molecule has 0 spiro atoms. The molecule has 0 saturated carbocycles. The molecule has 3 rings (SSSR count). The van der Waals surface area contributed by atoms with E-state index in [1.807, 2.05) is 6.92 Å². The van der Waals surface area contributed by atoms with Gasteiger partial charge in [-0.2, -0.15) is 5.10 Å².